The average molecular weight is 256 g/mol. The van der Waals surface area contributed by atoms with Crippen molar-refractivity contribution in [1.82, 2.24) is 9.80 Å². The van der Waals surface area contributed by atoms with E-state index in [0.717, 1.165) is 13.1 Å². The molecule has 1 N–H and O–H groups in total. The van der Waals surface area contributed by atoms with Crippen LogP contribution in [0.2, 0.25) is 0 Å². The van der Waals surface area contributed by atoms with Crippen molar-refractivity contribution in [1.29, 1.82) is 0 Å². The van der Waals surface area contributed by atoms with E-state index >= 15 is 0 Å². The molecule has 0 spiro atoms. The van der Waals surface area contributed by atoms with Crippen LogP contribution in [0.4, 0.5) is 0 Å². The summed E-state index contributed by atoms with van der Waals surface area (Å²) in [5.41, 5.74) is -0.596. The van der Waals surface area contributed by atoms with Crippen LogP contribution in [-0.2, 0) is 4.79 Å². The smallest absolute Gasteiger partial charge is 0.236 e. The number of rotatable bonds is 6. The molecule has 0 radical (unpaired) electrons. The van der Waals surface area contributed by atoms with E-state index in [-0.39, 0.29) is 5.91 Å². The lowest BCUT2D eigenvalue weighted by atomic mass is 9.97. The molecule has 106 valence electrons. The Bertz CT molecular complexity index is 270. The fourth-order valence-corrected chi connectivity index (χ4v) is 2.48. The predicted molar refractivity (Wildman–Crippen MR) is 73.3 cm³/mol. The molecule has 4 heteroatoms. The lowest BCUT2D eigenvalue weighted by Crippen LogP contribution is -2.62. The van der Waals surface area contributed by atoms with E-state index in [1.807, 2.05) is 16.7 Å². The van der Waals surface area contributed by atoms with E-state index in [1.54, 1.807) is 0 Å². The molecule has 1 rings (SSSR count). The molecule has 0 atom stereocenters. The summed E-state index contributed by atoms with van der Waals surface area (Å²) in [6.45, 7) is 13.6. The molecule has 0 aliphatic carbocycles. The van der Waals surface area contributed by atoms with Crippen LogP contribution >= 0.6 is 0 Å². The number of hydrogen-bond acceptors (Lipinski definition) is 3. The Morgan fingerprint density at radius 2 is 1.67 bits per heavy atom. The van der Waals surface area contributed by atoms with E-state index in [2.05, 4.69) is 27.7 Å². The van der Waals surface area contributed by atoms with Gasteiger partial charge in [0.15, 0.2) is 0 Å². The maximum Gasteiger partial charge on any atom is 0.236 e. The van der Waals surface area contributed by atoms with Gasteiger partial charge in [0.2, 0.25) is 5.91 Å². The van der Waals surface area contributed by atoms with Gasteiger partial charge >= 0.3 is 0 Å². The lowest BCUT2D eigenvalue weighted by molar-refractivity contribution is -0.140. The Hall–Kier alpha value is -0.610. The molecule has 0 aromatic heterocycles. The maximum atomic E-state index is 12.2. The molecule has 1 fully saturated rings. The molecule has 0 saturated carbocycles. The fourth-order valence-electron chi connectivity index (χ4n) is 2.48. The average Bonchev–Trinajstić information content (AvgIpc) is 2.11. The highest BCUT2D eigenvalue weighted by atomic mass is 16.3. The summed E-state index contributed by atoms with van der Waals surface area (Å²) in [4.78, 5) is 16.2. The van der Waals surface area contributed by atoms with E-state index in [9.17, 15) is 9.90 Å². The van der Waals surface area contributed by atoms with Gasteiger partial charge in [0.25, 0.3) is 0 Å². The minimum absolute atomic E-state index is 0.188. The molecule has 1 saturated heterocycles. The maximum absolute atomic E-state index is 12.2. The highest BCUT2D eigenvalue weighted by Crippen LogP contribution is 2.19. The second-order valence-corrected chi connectivity index (χ2v) is 6.73. The Kier molecular flexibility index (Phi) is 5.17. The Balaban J connectivity index is 2.44. The van der Waals surface area contributed by atoms with Crippen LogP contribution in [0.5, 0.6) is 0 Å². The van der Waals surface area contributed by atoms with E-state index in [4.69, 9.17) is 0 Å². The van der Waals surface area contributed by atoms with Gasteiger partial charge in [-0.25, -0.2) is 0 Å². The lowest BCUT2D eigenvalue weighted by Gasteiger charge is -2.44. The SMILES string of the molecule is CC(C)CN(CC(C)C)C(=O)CN1CC(C)(O)C1. The molecule has 0 aromatic rings. The first-order chi connectivity index (χ1) is 8.19. The number of aliphatic hydroxyl groups is 1. The van der Waals surface area contributed by atoms with Crippen LogP contribution in [0.1, 0.15) is 34.6 Å². The van der Waals surface area contributed by atoms with Crippen LogP contribution in [0.3, 0.4) is 0 Å². The Labute approximate surface area is 111 Å². The van der Waals surface area contributed by atoms with Gasteiger partial charge in [-0.1, -0.05) is 27.7 Å². The summed E-state index contributed by atoms with van der Waals surface area (Å²) >= 11 is 0. The summed E-state index contributed by atoms with van der Waals surface area (Å²) in [6, 6.07) is 0. The van der Waals surface area contributed by atoms with Crippen LogP contribution in [0, 0.1) is 11.8 Å². The zero-order chi connectivity index (χ0) is 13.9. The van der Waals surface area contributed by atoms with E-state index < -0.39 is 5.60 Å². The summed E-state index contributed by atoms with van der Waals surface area (Å²) in [7, 11) is 0. The number of carbonyl (C=O) groups excluding carboxylic acids is 1. The quantitative estimate of drug-likeness (QED) is 0.776. The monoisotopic (exact) mass is 256 g/mol. The number of hydrogen-bond donors (Lipinski definition) is 1. The third-order valence-electron chi connectivity index (χ3n) is 3.01. The molecule has 18 heavy (non-hydrogen) atoms. The van der Waals surface area contributed by atoms with Crippen molar-refractivity contribution in [3.63, 3.8) is 0 Å². The van der Waals surface area contributed by atoms with Crippen LogP contribution in [-0.4, -0.2) is 59.1 Å². The van der Waals surface area contributed by atoms with E-state index in [0.29, 0.717) is 31.5 Å². The fraction of sp³-hybridized carbons (Fsp3) is 0.929. The number of nitrogens with zero attached hydrogens (tertiary/aromatic N) is 2. The highest BCUT2D eigenvalue weighted by Gasteiger charge is 2.37. The third kappa shape index (κ3) is 4.94. The molecule has 4 nitrogen and oxygen atoms in total. The van der Waals surface area contributed by atoms with Crippen molar-refractivity contribution < 1.29 is 9.90 Å². The molecule has 1 amide bonds. The summed E-state index contributed by atoms with van der Waals surface area (Å²) in [5.74, 6) is 1.17. The van der Waals surface area contributed by atoms with Crippen LogP contribution in [0.25, 0.3) is 0 Å². The Morgan fingerprint density at radius 1 is 1.22 bits per heavy atom. The number of β-amino-alcohol motifs (C(OH)–C–C–N with tert-alkyl or cyclic N) is 1. The highest BCUT2D eigenvalue weighted by molar-refractivity contribution is 5.78. The van der Waals surface area contributed by atoms with Gasteiger partial charge in [-0.05, 0) is 18.8 Å². The van der Waals surface area contributed by atoms with Gasteiger partial charge in [0.05, 0.1) is 12.1 Å². The van der Waals surface area contributed by atoms with E-state index in [1.165, 1.54) is 0 Å². The molecule has 1 heterocycles. The second kappa shape index (κ2) is 6.02. The van der Waals surface area contributed by atoms with Gasteiger partial charge in [0, 0.05) is 26.2 Å². The molecule has 0 unspecified atom stereocenters. The molecule has 0 aromatic carbocycles. The summed E-state index contributed by atoms with van der Waals surface area (Å²) in [5, 5.41) is 9.66. The van der Waals surface area contributed by atoms with Crippen molar-refractivity contribution in [2.24, 2.45) is 11.8 Å². The van der Waals surface area contributed by atoms with Crippen molar-refractivity contribution in [2.75, 3.05) is 32.7 Å². The standard InChI is InChI=1S/C14H28N2O2/c1-11(2)6-16(7-12(3)4)13(17)8-15-9-14(5,18)10-15/h11-12,18H,6-10H2,1-5H3. The first-order valence-electron chi connectivity index (χ1n) is 6.92. The molecule has 1 aliphatic heterocycles. The molecular weight excluding hydrogens is 228 g/mol. The minimum Gasteiger partial charge on any atom is -0.388 e. The van der Waals surface area contributed by atoms with Gasteiger partial charge in [-0.3, -0.25) is 9.69 Å². The first-order valence-corrected chi connectivity index (χ1v) is 6.92. The third-order valence-corrected chi connectivity index (χ3v) is 3.01. The van der Waals surface area contributed by atoms with Gasteiger partial charge in [-0.2, -0.15) is 0 Å². The number of likely N-dealkylation sites (tertiary alicyclic amines) is 1. The molecule has 0 bridgehead atoms. The topological polar surface area (TPSA) is 43.8 Å². The summed E-state index contributed by atoms with van der Waals surface area (Å²) in [6.07, 6.45) is 0. The minimum atomic E-state index is -0.596. The van der Waals surface area contributed by atoms with Crippen molar-refractivity contribution in [3.05, 3.63) is 0 Å². The molecule has 1 aliphatic rings. The Morgan fingerprint density at radius 3 is 2.00 bits per heavy atom. The predicted octanol–water partition coefficient (Wildman–Crippen LogP) is 1.19. The molecular formula is C14H28N2O2. The van der Waals surface area contributed by atoms with Crippen molar-refractivity contribution in [3.8, 4) is 0 Å². The van der Waals surface area contributed by atoms with Crippen molar-refractivity contribution in [2.45, 2.75) is 40.2 Å². The largest absolute Gasteiger partial charge is 0.388 e. The zero-order valence-corrected chi connectivity index (χ0v) is 12.4. The van der Waals surface area contributed by atoms with Crippen LogP contribution < -0.4 is 0 Å². The normalized spacial score (nSPS) is 19.1. The zero-order valence-electron chi connectivity index (χ0n) is 12.4. The van der Waals surface area contributed by atoms with Gasteiger partial charge in [0.1, 0.15) is 0 Å². The summed E-state index contributed by atoms with van der Waals surface area (Å²) < 4.78 is 0. The van der Waals surface area contributed by atoms with Gasteiger partial charge in [-0.15, -0.1) is 0 Å². The van der Waals surface area contributed by atoms with Crippen LogP contribution in [0.15, 0.2) is 0 Å². The number of carbonyl (C=O) groups is 1. The van der Waals surface area contributed by atoms with Crippen molar-refractivity contribution >= 4 is 5.91 Å². The van der Waals surface area contributed by atoms with Gasteiger partial charge < -0.3 is 10.0 Å². The number of amides is 1. The first kappa shape index (κ1) is 15.4. The second-order valence-electron chi connectivity index (χ2n) is 6.73.